The molecule has 0 heterocycles. The number of hydrogen-bond acceptors (Lipinski definition) is 0. The van der Waals surface area contributed by atoms with Crippen LogP contribution in [0.25, 0.3) is 0 Å². The summed E-state index contributed by atoms with van der Waals surface area (Å²) in [6.45, 7) is 10.2. The number of unbranched alkanes of at least 4 members (excludes halogenated alkanes) is 10. The molecule has 0 aliphatic heterocycles. The number of rotatable bonds is 17. The first-order chi connectivity index (χ1) is 10.8. The predicted molar refractivity (Wildman–Crippen MR) is 103 cm³/mol. The standard InChI is InChI=1S/C22H42/c1-4-7-9-11-13-15-17-19-21-22(6-3)20-18-16-14-12-10-8-5-2/h15,17,22H,1-2,4-14,16,18-21H2,3H3. The Morgan fingerprint density at radius 3 is 1.82 bits per heavy atom. The van der Waals surface area contributed by atoms with Crippen molar-refractivity contribution >= 4 is 0 Å². The predicted octanol–water partition coefficient (Wildman–Crippen LogP) is 8.09. The molecule has 0 saturated carbocycles. The second-order valence-corrected chi connectivity index (χ2v) is 6.79. The third-order valence-corrected chi connectivity index (χ3v) is 4.72. The molecular formula is C22H42. The van der Waals surface area contributed by atoms with E-state index in [1.807, 2.05) is 0 Å². The van der Waals surface area contributed by atoms with Gasteiger partial charge in [-0.1, -0.05) is 110 Å². The third-order valence-electron chi connectivity index (χ3n) is 4.72. The van der Waals surface area contributed by atoms with Gasteiger partial charge in [0.25, 0.3) is 0 Å². The molecule has 130 valence electrons. The molecule has 0 aromatic heterocycles. The van der Waals surface area contributed by atoms with Gasteiger partial charge in [0.2, 0.25) is 0 Å². The zero-order chi connectivity index (χ0) is 16.3. The highest BCUT2D eigenvalue weighted by molar-refractivity contribution is 4.82. The summed E-state index contributed by atoms with van der Waals surface area (Å²) >= 11 is 0. The Morgan fingerprint density at radius 2 is 1.18 bits per heavy atom. The summed E-state index contributed by atoms with van der Waals surface area (Å²) in [4.78, 5) is 0. The maximum Gasteiger partial charge on any atom is -0.0348 e. The Kier molecular flexibility index (Phi) is 18.6. The zero-order valence-electron chi connectivity index (χ0n) is 15.5. The quantitative estimate of drug-likeness (QED) is 0.188. The lowest BCUT2D eigenvalue weighted by molar-refractivity contribution is 0.414. The van der Waals surface area contributed by atoms with Crippen molar-refractivity contribution in [2.24, 2.45) is 5.92 Å². The Hall–Kier alpha value is -0.260. The molecule has 0 rings (SSSR count). The fourth-order valence-corrected chi connectivity index (χ4v) is 3.05. The Bertz CT molecular complexity index is 216. The van der Waals surface area contributed by atoms with E-state index in [1.54, 1.807) is 0 Å². The van der Waals surface area contributed by atoms with Crippen molar-refractivity contribution < 1.29 is 0 Å². The fourth-order valence-electron chi connectivity index (χ4n) is 3.05. The van der Waals surface area contributed by atoms with E-state index in [2.05, 4.69) is 32.9 Å². The maximum absolute atomic E-state index is 3.91. The number of allylic oxidation sites excluding steroid dienone is 2. The van der Waals surface area contributed by atoms with Crippen LogP contribution in [-0.2, 0) is 0 Å². The maximum atomic E-state index is 3.91. The van der Waals surface area contributed by atoms with E-state index in [0.717, 1.165) is 18.8 Å². The van der Waals surface area contributed by atoms with Gasteiger partial charge in [0.1, 0.15) is 0 Å². The van der Waals surface area contributed by atoms with Crippen molar-refractivity contribution in [3.05, 3.63) is 26.0 Å². The summed E-state index contributed by atoms with van der Waals surface area (Å²) < 4.78 is 0. The molecule has 0 aliphatic rings. The second kappa shape index (κ2) is 18.8. The molecule has 0 heteroatoms. The Balaban J connectivity index is 3.40. The van der Waals surface area contributed by atoms with E-state index < -0.39 is 0 Å². The van der Waals surface area contributed by atoms with Crippen LogP contribution in [-0.4, -0.2) is 0 Å². The van der Waals surface area contributed by atoms with Crippen LogP contribution in [0.15, 0.2) is 12.2 Å². The van der Waals surface area contributed by atoms with Gasteiger partial charge in [-0.15, -0.1) is 0 Å². The summed E-state index contributed by atoms with van der Waals surface area (Å²) in [6.07, 6.45) is 26.2. The van der Waals surface area contributed by atoms with E-state index >= 15 is 0 Å². The van der Waals surface area contributed by atoms with Crippen LogP contribution >= 0.6 is 0 Å². The first-order valence-corrected chi connectivity index (χ1v) is 10.1. The van der Waals surface area contributed by atoms with Gasteiger partial charge in [-0.25, -0.2) is 0 Å². The first kappa shape index (κ1) is 21.7. The van der Waals surface area contributed by atoms with Crippen molar-refractivity contribution in [2.75, 3.05) is 0 Å². The van der Waals surface area contributed by atoms with Crippen molar-refractivity contribution in [1.82, 2.24) is 0 Å². The van der Waals surface area contributed by atoms with E-state index in [9.17, 15) is 0 Å². The normalized spacial score (nSPS) is 13.0. The molecule has 0 nitrogen and oxygen atoms in total. The van der Waals surface area contributed by atoms with E-state index in [1.165, 1.54) is 89.9 Å². The molecular weight excluding hydrogens is 264 g/mol. The van der Waals surface area contributed by atoms with Gasteiger partial charge < -0.3 is 0 Å². The van der Waals surface area contributed by atoms with Gasteiger partial charge >= 0.3 is 0 Å². The van der Waals surface area contributed by atoms with E-state index in [-0.39, 0.29) is 0 Å². The van der Waals surface area contributed by atoms with Gasteiger partial charge in [-0.05, 0) is 31.6 Å². The molecule has 0 bridgehead atoms. The zero-order valence-corrected chi connectivity index (χ0v) is 15.5. The second-order valence-electron chi connectivity index (χ2n) is 6.79. The van der Waals surface area contributed by atoms with E-state index in [4.69, 9.17) is 0 Å². The van der Waals surface area contributed by atoms with Crippen LogP contribution in [0.2, 0.25) is 0 Å². The van der Waals surface area contributed by atoms with Gasteiger partial charge in [-0.3, -0.25) is 0 Å². The highest BCUT2D eigenvalue weighted by Gasteiger charge is 2.04. The smallest absolute Gasteiger partial charge is 0.0348 e. The van der Waals surface area contributed by atoms with Crippen molar-refractivity contribution in [3.63, 3.8) is 0 Å². The molecule has 1 atom stereocenters. The van der Waals surface area contributed by atoms with Crippen LogP contribution in [0.1, 0.15) is 110 Å². The highest BCUT2D eigenvalue weighted by atomic mass is 14.1. The molecule has 2 radical (unpaired) electrons. The summed E-state index contributed by atoms with van der Waals surface area (Å²) in [5.74, 6) is 0.954. The molecule has 0 spiro atoms. The Morgan fingerprint density at radius 1 is 0.636 bits per heavy atom. The van der Waals surface area contributed by atoms with Crippen molar-refractivity contribution in [3.8, 4) is 0 Å². The third kappa shape index (κ3) is 16.1. The SMILES string of the molecule is [CH2]CCCCCC=CCCC(CC)CCCCCCCC[CH2]. The van der Waals surface area contributed by atoms with Crippen LogP contribution < -0.4 is 0 Å². The lowest BCUT2D eigenvalue weighted by Crippen LogP contribution is -1.98. The van der Waals surface area contributed by atoms with Gasteiger partial charge in [-0.2, -0.15) is 0 Å². The molecule has 0 N–H and O–H groups in total. The summed E-state index contributed by atoms with van der Waals surface area (Å²) in [7, 11) is 0. The lowest BCUT2D eigenvalue weighted by Gasteiger charge is -2.13. The largest absolute Gasteiger partial charge is 0.0885 e. The van der Waals surface area contributed by atoms with Crippen molar-refractivity contribution in [1.29, 1.82) is 0 Å². The highest BCUT2D eigenvalue weighted by Crippen LogP contribution is 2.20. The molecule has 0 aliphatic carbocycles. The summed E-state index contributed by atoms with van der Waals surface area (Å²) in [5.41, 5.74) is 0. The minimum Gasteiger partial charge on any atom is -0.0885 e. The average Bonchev–Trinajstić information content (AvgIpc) is 2.54. The molecule has 0 aromatic carbocycles. The molecule has 1 unspecified atom stereocenters. The van der Waals surface area contributed by atoms with Crippen LogP contribution in [0, 0.1) is 19.8 Å². The van der Waals surface area contributed by atoms with Gasteiger partial charge in [0.05, 0.1) is 0 Å². The van der Waals surface area contributed by atoms with Gasteiger partial charge in [0.15, 0.2) is 0 Å². The molecule has 0 saturated heterocycles. The molecule has 22 heavy (non-hydrogen) atoms. The summed E-state index contributed by atoms with van der Waals surface area (Å²) in [5, 5.41) is 0. The minimum absolute atomic E-state index is 0.954. The van der Waals surface area contributed by atoms with Crippen molar-refractivity contribution in [2.45, 2.75) is 110 Å². The Labute approximate surface area is 142 Å². The average molecular weight is 307 g/mol. The monoisotopic (exact) mass is 306 g/mol. The lowest BCUT2D eigenvalue weighted by atomic mass is 9.93. The first-order valence-electron chi connectivity index (χ1n) is 10.1. The molecule has 0 fully saturated rings. The van der Waals surface area contributed by atoms with Crippen LogP contribution in [0.3, 0.4) is 0 Å². The molecule has 0 amide bonds. The van der Waals surface area contributed by atoms with E-state index in [0.29, 0.717) is 0 Å². The summed E-state index contributed by atoms with van der Waals surface area (Å²) in [6, 6.07) is 0. The van der Waals surface area contributed by atoms with Crippen LogP contribution in [0.5, 0.6) is 0 Å². The minimum atomic E-state index is 0.954. The van der Waals surface area contributed by atoms with Crippen LogP contribution in [0.4, 0.5) is 0 Å². The number of hydrogen-bond donors (Lipinski definition) is 0. The fraction of sp³-hybridized carbons (Fsp3) is 0.818. The molecule has 0 aromatic rings. The van der Waals surface area contributed by atoms with Gasteiger partial charge in [0, 0.05) is 0 Å². The topological polar surface area (TPSA) is 0 Å².